The Kier molecular flexibility index (Phi) is 4.01. The summed E-state index contributed by atoms with van der Waals surface area (Å²) in [4.78, 5) is 30.2. The topological polar surface area (TPSA) is 99.2 Å². The predicted octanol–water partition coefficient (Wildman–Crippen LogP) is -0.612. The van der Waals surface area contributed by atoms with E-state index in [-0.39, 0.29) is 0 Å². The van der Waals surface area contributed by atoms with Gasteiger partial charge in [-0.1, -0.05) is 6.92 Å². The summed E-state index contributed by atoms with van der Waals surface area (Å²) in [5, 5.41) is 2.86. The Hall–Kier alpha value is -1.89. The van der Waals surface area contributed by atoms with Crippen LogP contribution in [0.2, 0.25) is 0 Å². The van der Waals surface area contributed by atoms with E-state index < -0.39 is 17.7 Å². The molecule has 0 aliphatic heterocycles. The van der Waals surface area contributed by atoms with Crippen LogP contribution in [0.4, 0.5) is 5.82 Å². The van der Waals surface area contributed by atoms with Crippen molar-refractivity contribution in [2.75, 3.05) is 5.32 Å². The fourth-order valence-corrected chi connectivity index (χ4v) is 1.21. The van der Waals surface area contributed by atoms with Gasteiger partial charge >= 0.3 is 11.7 Å². The first-order valence-electron chi connectivity index (χ1n) is 4.79. The average molecular weight is 226 g/mol. The van der Waals surface area contributed by atoms with E-state index in [9.17, 15) is 9.59 Å². The second-order valence-electron chi connectivity index (χ2n) is 3.21. The molecule has 0 aromatic carbocycles. The van der Waals surface area contributed by atoms with Crippen molar-refractivity contribution in [1.29, 1.82) is 0 Å². The number of nitrogens with zero attached hydrogens (tertiary/aromatic N) is 2. The third-order valence-corrected chi connectivity index (χ3v) is 2.20. The third-order valence-electron chi connectivity index (χ3n) is 2.20. The number of rotatable bonds is 4. The molecule has 0 amide bonds. The first-order valence-corrected chi connectivity index (χ1v) is 4.79. The number of carbonyl (C=O) groups is 1. The van der Waals surface area contributed by atoms with Crippen LogP contribution in [-0.2, 0) is 16.7 Å². The standard InChI is InChI=1S/C9H14N4O3/c1-3-6(8(14)16-10)12-7-4-5-11-9(15)13(7)2/h4-6,12H,3,10H2,1-2H3. The quantitative estimate of drug-likeness (QED) is 0.664. The maximum Gasteiger partial charge on any atom is 0.348 e. The number of anilines is 1. The van der Waals surface area contributed by atoms with Crippen LogP contribution in [0.3, 0.4) is 0 Å². The van der Waals surface area contributed by atoms with Gasteiger partial charge in [0.15, 0.2) is 0 Å². The molecule has 1 aromatic rings. The fraction of sp³-hybridized carbons (Fsp3) is 0.444. The van der Waals surface area contributed by atoms with Gasteiger partial charge in [-0.3, -0.25) is 4.57 Å². The lowest BCUT2D eigenvalue weighted by molar-refractivity contribution is -0.145. The molecule has 0 saturated heterocycles. The molecule has 7 heteroatoms. The number of hydrogen-bond donors (Lipinski definition) is 2. The summed E-state index contributed by atoms with van der Waals surface area (Å²) in [6.45, 7) is 1.80. The molecule has 1 unspecified atom stereocenters. The maximum atomic E-state index is 11.2. The average Bonchev–Trinajstić information content (AvgIpc) is 2.30. The summed E-state index contributed by atoms with van der Waals surface area (Å²) < 4.78 is 1.30. The van der Waals surface area contributed by atoms with Crippen LogP contribution in [0, 0.1) is 0 Å². The molecule has 0 saturated carbocycles. The van der Waals surface area contributed by atoms with Crippen LogP contribution < -0.4 is 16.9 Å². The van der Waals surface area contributed by atoms with E-state index in [0.29, 0.717) is 12.2 Å². The minimum absolute atomic E-state index is 0.402. The largest absolute Gasteiger partial charge is 0.372 e. The number of aromatic nitrogens is 2. The normalized spacial score (nSPS) is 11.9. The summed E-state index contributed by atoms with van der Waals surface area (Å²) in [6.07, 6.45) is 1.86. The summed E-state index contributed by atoms with van der Waals surface area (Å²) in [6, 6.07) is 1.01. The van der Waals surface area contributed by atoms with Crippen molar-refractivity contribution in [2.45, 2.75) is 19.4 Å². The van der Waals surface area contributed by atoms with Crippen LogP contribution in [0.1, 0.15) is 13.3 Å². The Morgan fingerprint density at radius 3 is 3.00 bits per heavy atom. The molecule has 1 aromatic heterocycles. The molecule has 0 fully saturated rings. The number of hydrogen-bond acceptors (Lipinski definition) is 6. The lowest BCUT2D eigenvalue weighted by atomic mass is 10.2. The second kappa shape index (κ2) is 5.26. The van der Waals surface area contributed by atoms with Crippen molar-refractivity contribution in [3.63, 3.8) is 0 Å². The van der Waals surface area contributed by atoms with Gasteiger partial charge in [0, 0.05) is 13.2 Å². The molecule has 0 radical (unpaired) electrons. The van der Waals surface area contributed by atoms with Gasteiger partial charge in [-0.15, -0.1) is 0 Å². The third kappa shape index (κ3) is 2.57. The molecule has 0 aliphatic carbocycles. The smallest absolute Gasteiger partial charge is 0.348 e. The number of nitrogens with two attached hydrogens (primary N) is 1. The molecule has 16 heavy (non-hydrogen) atoms. The highest BCUT2D eigenvalue weighted by Crippen LogP contribution is 2.06. The summed E-state index contributed by atoms with van der Waals surface area (Å²) >= 11 is 0. The molecular formula is C9H14N4O3. The Labute approximate surface area is 92.2 Å². The number of nitrogens with one attached hydrogen (secondary N) is 1. The predicted molar refractivity (Wildman–Crippen MR) is 57.5 cm³/mol. The second-order valence-corrected chi connectivity index (χ2v) is 3.21. The zero-order valence-corrected chi connectivity index (χ0v) is 9.14. The number of carbonyl (C=O) groups excluding carboxylic acids is 1. The first kappa shape index (κ1) is 12.2. The zero-order valence-electron chi connectivity index (χ0n) is 9.14. The van der Waals surface area contributed by atoms with Crippen LogP contribution in [-0.4, -0.2) is 21.6 Å². The highest BCUT2D eigenvalue weighted by molar-refractivity contribution is 5.78. The fourth-order valence-electron chi connectivity index (χ4n) is 1.21. The van der Waals surface area contributed by atoms with Crippen LogP contribution in [0.5, 0.6) is 0 Å². The maximum absolute atomic E-state index is 11.2. The molecule has 1 atom stereocenters. The molecule has 1 rings (SSSR count). The van der Waals surface area contributed by atoms with Crippen molar-refractivity contribution < 1.29 is 9.63 Å². The molecule has 88 valence electrons. The Morgan fingerprint density at radius 2 is 2.44 bits per heavy atom. The van der Waals surface area contributed by atoms with Crippen molar-refractivity contribution in [2.24, 2.45) is 12.9 Å². The van der Waals surface area contributed by atoms with Gasteiger partial charge in [-0.25, -0.2) is 14.6 Å². The minimum Gasteiger partial charge on any atom is -0.372 e. The van der Waals surface area contributed by atoms with E-state index >= 15 is 0 Å². The molecule has 0 bridgehead atoms. The lowest BCUT2D eigenvalue weighted by Crippen LogP contribution is -2.35. The highest BCUT2D eigenvalue weighted by atomic mass is 16.7. The van der Waals surface area contributed by atoms with Crippen molar-refractivity contribution in [3.05, 3.63) is 22.7 Å². The minimum atomic E-state index is -0.585. The van der Waals surface area contributed by atoms with Crippen molar-refractivity contribution in [1.82, 2.24) is 9.55 Å². The summed E-state index contributed by atoms with van der Waals surface area (Å²) in [5.74, 6) is 4.71. The monoisotopic (exact) mass is 226 g/mol. The zero-order chi connectivity index (χ0) is 12.1. The molecule has 1 heterocycles. The van der Waals surface area contributed by atoms with Crippen LogP contribution in [0.25, 0.3) is 0 Å². The van der Waals surface area contributed by atoms with E-state index in [1.807, 2.05) is 0 Å². The van der Waals surface area contributed by atoms with E-state index in [1.165, 1.54) is 10.8 Å². The van der Waals surface area contributed by atoms with Gasteiger partial charge in [-0.2, -0.15) is 5.90 Å². The van der Waals surface area contributed by atoms with E-state index in [0.717, 1.165) is 0 Å². The molecular weight excluding hydrogens is 212 g/mol. The molecule has 3 N–H and O–H groups in total. The molecule has 0 aliphatic rings. The molecule has 7 nitrogen and oxygen atoms in total. The van der Waals surface area contributed by atoms with Crippen molar-refractivity contribution >= 4 is 11.8 Å². The van der Waals surface area contributed by atoms with Gasteiger partial charge in [0.05, 0.1) is 0 Å². The molecule has 0 spiro atoms. The Balaban J connectivity index is 2.90. The SMILES string of the molecule is CCC(Nc1ccnc(=O)n1C)C(=O)ON. The van der Waals surface area contributed by atoms with Gasteiger partial charge in [0.2, 0.25) is 0 Å². The first-order chi connectivity index (χ1) is 7.60. The summed E-state index contributed by atoms with van der Waals surface area (Å²) in [7, 11) is 1.55. The van der Waals surface area contributed by atoms with Gasteiger partial charge in [-0.05, 0) is 12.5 Å². The van der Waals surface area contributed by atoms with Crippen LogP contribution in [0.15, 0.2) is 17.1 Å². The van der Waals surface area contributed by atoms with Gasteiger partial charge in [0.25, 0.3) is 0 Å². The van der Waals surface area contributed by atoms with E-state index in [2.05, 4.69) is 15.1 Å². The van der Waals surface area contributed by atoms with Crippen molar-refractivity contribution in [3.8, 4) is 0 Å². The lowest BCUT2D eigenvalue weighted by Gasteiger charge is -2.16. The summed E-state index contributed by atoms with van der Waals surface area (Å²) in [5.41, 5.74) is -0.402. The van der Waals surface area contributed by atoms with Gasteiger partial charge < -0.3 is 10.2 Å². The Morgan fingerprint density at radius 1 is 1.75 bits per heavy atom. The van der Waals surface area contributed by atoms with E-state index in [4.69, 9.17) is 5.90 Å². The highest BCUT2D eigenvalue weighted by Gasteiger charge is 2.18. The Bertz CT molecular complexity index is 429. The van der Waals surface area contributed by atoms with Crippen LogP contribution >= 0.6 is 0 Å². The van der Waals surface area contributed by atoms with E-state index in [1.54, 1.807) is 20.0 Å². The van der Waals surface area contributed by atoms with Gasteiger partial charge in [0.1, 0.15) is 11.9 Å².